The number of rotatable bonds is 4. The highest BCUT2D eigenvalue weighted by Gasteiger charge is 2.26. The van der Waals surface area contributed by atoms with Crippen LogP contribution < -0.4 is 5.32 Å². The number of nitrogens with one attached hydrogen (secondary N) is 1. The van der Waals surface area contributed by atoms with E-state index in [0.29, 0.717) is 18.5 Å². The van der Waals surface area contributed by atoms with E-state index in [-0.39, 0.29) is 5.54 Å². The summed E-state index contributed by atoms with van der Waals surface area (Å²) < 4.78 is 7.20. The molecule has 0 radical (unpaired) electrons. The van der Waals surface area contributed by atoms with E-state index in [4.69, 9.17) is 4.42 Å². The fourth-order valence-corrected chi connectivity index (χ4v) is 1.88. The SMILES string of the molecule is CC(C)(C)NCc1coc(-n2ccc(C3CC3)n2)n1. The lowest BCUT2D eigenvalue weighted by Gasteiger charge is -2.19. The fraction of sp³-hybridized carbons (Fsp3) is 0.571. The highest BCUT2D eigenvalue weighted by Crippen LogP contribution is 2.38. The molecule has 3 rings (SSSR count). The Balaban J connectivity index is 1.69. The van der Waals surface area contributed by atoms with Gasteiger partial charge in [0.2, 0.25) is 0 Å². The summed E-state index contributed by atoms with van der Waals surface area (Å²) in [6, 6.07) is 2.59. The predicted molar refractivity (Wildman–Crippen MR) is 72.2 cm³/mol. The van der Waals surface area contributed by atoms with Gasteiger partial charge >= 0.3 is 6.01 Å². The molecular weight excluding hydrogens is 240 g/mol. The Kier molecular flexibility index (Phi) is 2.93. The Hall–Kier alpha value is -1.62. The minimum Gasteiger partial charge on any atom is -0.430 e. The van der Waals surface area contributed by atoms with Crippen LogP contribution >= 0.6 is 0 Å². The fourth-order valence-electron chi connectivity index (χ4n) is 1.88. The van der Waals surface area contributed by atoms with Crippen LogP contribution in [-0.2, 0) is 6.54 Å². The molecule has 0 atom stereocenters. The minimum atomic E-state index is 0.0734. The normalized spacial score (nSPS) is 15.9. The van der Waals surface area contributed by atoms with Gasteiger partial charge in [-0.05, 0) is 39.7 Å². The molecule has 0 aliphatic heterocycles. The molecule has 2 aromatic heterocycles. The molecule has 1 aliphatic rings. The maximum Gasteiger partial charge on any atom is 0.322 e. The first-order valence-electron chi connectivity index (χ1n) is 6.77. The van der Waals surface area contributed by atoms with Crippen LogP contribution in [0.5, 0.6) is 0 Å². The van der Waals surface area contributed by atoms with Crippen LogP contribution in [-0.4, -0.2) is 20.3 Å². The van der Waals surface area contributed by atoms with Gasteiger partial charge in [0.05, 0.1) is 11.4 Å². The monoisotopic (exact) mass is 260 g/mol. The van der Waals surface area contributed by atoms with E-state index in [1.165, 1.54) is 12.8 Å². The Morgan fingerprint density at radius 1 is 1.42 bits per heavy atom. The van der Waals surface area contributed by atoms with Crippen molar-refractivity contribution in [3.8, 4) is 6.01 Å². The zero-order valence-electron chi connectivity index (χ0n) is 11.7. The molecule has 0 bridgehead atoms. The first-order chi connectivity index (χ1) is 9.01. The van der Waals surface area contributed by atoms with Gasteiger partial charge in [-0.25, -0.2) is 0 Å². The summed E-state index contributed by atoms with van der Waals surface area (Å²) in [5.41, 5.74) is 2.12. The van der Waals surface area contributed by atoms with Gasteiger partial charge < -0.3 is 9.73 Å². The van der Waals surface area contributed by atoms with Crippen LogP contribution in [0, 0.1) is 0 Å². The van der Waals surface area contributed by atoms with Gasteiger partial charge in [-0.15, -0.1) is 0 Å². The van der Waals surface area contributed by atoms with Crippen molar-refractivity contribution in [1.82, 2.24) is 20.1 Å². The van der Waals surface area contributed by atoms with E-state index in [0.717, 1.165) is 11.4 Å². The van der Waals surface area contributed by atoms with Crippen LogP contribution in [0.2, 0.25) is 0 Å². The van der Waals surface area contributed by atoms with Crippen molar-refractivity contribution >= 4 is 0 Å². The van der Waals surface area contributed by atoms with E-state index in [2.05, 4.69) is 42.2 Å². The molecule has 1 saturated carbocycles. The van der Waals surface area contributed by atoms with Gasteiger partial charge in [-0.3, -0.25) is 0 Å². The smallest absolute Gasteiger partial charge is 0.322 e. The molecular formula is C14H20N4O. The first-order valence-corrected chi connectivity index (χ1v) is 6.77. The lowest BCUT2D eigenvalue weighted by molar-refractivity contribution is 0.420. The van der Waals surface area contributed by atoms with Crippen molar-refractivity contribution in [3.63, 3.8) is 0 Å². The Morgan fingerprint density at radius 3 is 2.89 bits per heavy atom. The summed E-state index contributed by atoms with van der Waals surface area (Å²) in [6.45, 7) is 7.08. The zero-order chi connectivity index (χ0) is 13.5. The molecule has 1 fully saturated rings. The highest BCUT2D eigenvalue weighted by molar-refractivity contribution is 5.17. The lowest BCUT2D eigenvalue weighted by Crippen LogP contribution is -2.35. The summed E-state index contributed by atoms with van der Waals surface area (Å²) in [5.74, 6) is 0.651. The van der Waals surface area contributed by atoms with Gasteiger partial charge in [-0.2, -0.15) is 14.8 Å². The van der Waals surface area contributed by atoms with Crippen molar-refractivity contribution in [2.24, 2.45) is 0 Å². The summed E-state index contributed by atoms with van der Waals surface area (Å²) >= 11 is 0. The Bertz CT molecular complexity index is 560. The quantitative estimate of drug-likeness (QED) is 0.918. The van der Waals surface area contributed by atoms with Gasteiger partial charge in [0.1, 0.15) is 6.26 Å². The summed E-state index contributed by atoms with van der Waals surface area (Å²) in [5, 5.41) is 7.89. The van der Waals surface area contributed by atoms with Crippen molar-refractivity contribution < 1.29 is 4.42 Å². The van der Waals surface area contributed by atoms with Crippen LogP contribution in [0.15, 0.2) is 22.9 Å². The number of nitrogens with zero attached hydrogens (tertiary/aromatic N) is 3. The number of hydrogen-bond acceptors (Lipinski definition) is 4. The summed E-state index contributed by atoms with van der Waals surface area (Å²) in [7, 11) is 0. The molecule has 5 nitrogen and oxygen atoms in total. The van der Waals surface area contributed by atoms with Crippen molar-refractivity contribution in [2.75, 3.05) is 0 Å². The second-order valence-electron chi connectivity index (χ2n) is 6.18. The molecule has 5 heteroatoms. The van der Waals surface area contributed by atoms with Crippen molar-refractivity contribution in [3.05, 3.63) is 29.9 Å². The molecule has 0 amide bonds. The van der Waals surface area contributed by atoms with E-state index >= 15 is 0 Å². The number of oxazole rings is 1. The standard InChI is InChI=1S/C14H20N4O/c1-14(2,3)15-8-11-9-19-13(16-11)18-7-6-12(17-18)10-4-5-10/h6-7,9-10,15H,4-5,8H2,1-3H3. The van der Waals surface area contributed by atoms with Crippen LogP contribution in [0.25, 0.3) is 6.01 Å². The molecule has 102 valence electrons. The Morgan fingerprint density at radius 2 is 2.21 bits per heavy atom. The topological polar surface area (TPSA) is 55.9 Å². The molecule has 19 heavy (non-hydrogen) atoms. The Labute approximate surface area is 113 Å². The third-order valence-corrected chi connectivity index (χ3v) is 3.14. The molecule has 1 N–H and O–H groups in total. The second kappa shape index (κ2) is 4.49. The van der Waals surface area contributed by atoms with Crippen molar-refractivity contribution in [2.45, 2.75) is 51.6 Å². The number of aromatic nitrogens is 3. The highest BCUT2D eigenvalue weighted by atomic mass is 16.4. The summed E-state index contributed by atoms with van der Waals surface area (Å²) in [6.07, 6.45) is 6.11. The van der Waals surface area contributed by atoms with Crippen LogP contribution in [0.3, 0.4) is 0 Å². The van der Waals surface area contributed by atoms with E-state index < -0.39 is 0 Å². The number of hydrogen-bond donors (Lipinski definition) is 1. The third-order valence-electron chi connectivity index (χ3n) is 3.14. The van der Waals surface area contributed by atoms with E-state index in [9.17, 15) is 0 Å². The molecule has 2 heterocycles. The third kappa shape index (κ3) is 3.04. The van der Waals surface area contributed by atoms with Gasteiger partial charge in [0.15, 0.2) is 0 Å². The largest absolute Gasteiger partial charge is 0.430 e. The average Bonchev–Trinajstić information content (AvgIpc) is 2.91. The van der Waals surface area contributed by atoms with Crippen LogP contribution in [0.1, 0.15) is 50.9 Å². The second-order valence-corrected chi connectivity index (χ2v) is 6.18. The van der Waals surface area contributed by atoms with Crippen molar-refractivity contribution in [1.29, 1.82) is 0 Å². The molecule has 0 aromatic carbocycles. The van der Waals surface area contributed by atoms with Gasteiger partial charge in [0, 0.05) is 24.2 Å². The van der Waals surface area contributed by atoms with Crippen LogP contribution in [0.4, 0.5) is 0 Å². The first kappa shape index (κ1) is 12.4. The summed E-state index contributed by atoms with van der Waals surface area (Å²) in [4.78, 5) is 4.45. The van der Waals surface area contributed by atoms with E-state index in [1.54, 1.807) is 10.9 Å². The molecule has 0 saturated heterocycles. The predicted octanol–water partition coefficient (Wildman–Crippen LogP) is 2.63. The van der Waals surface area contributed by atoms with Gasteiger partial charge in [-0.1, -0.05) is 0 Å². The zero-order valence-corrected chi connectivity index (χ0v) is 11.7. The van der Waals surface area contributed by atoms with E-state index in [1.807, 2.05) is 6.20 Å². The molecule has 2 aromatic rings. The lowest BCUT2D eigenvalue weighted by atomic mass is 10.1. The maximum atomic E-state index is 5.48. The average molecular weight is 260 g/mol. The minimum absolute atomic E-state index is 0.0734. The molecule has 0 spiro atoms. The molecule has 1 aliphatic carbocycles. The molecule has 0 unspecified atom stereocenters. The van der Waals surface area contributed by atoms with Gasteiger partial charge in [0.25, 0.3) is 0 Å². The maximum absolute atomic E-state index is 5.48.